The van der Waals surface area contributed by atoms with Gasteiger partial charge in [-0.1, -0.05) is 66.7 Å². The molecule has 4 rings (SSSR count). The summed E-state index contributed by atoms with van der Waals surface area (Å²) in [5.74, 6) is 7.20. The first-order valence-electron chi connectivity index (χ1n) is 12.9. The molecule has 0 radical (unpaired) electrons. The average molecular weight is 373 g/mol. The van der Waals surface area contributed by atoms with E-state index >= 15 is 0 Å². The fourth-order valence-electron chi connectivity index (χ4n) is 9.32. The van der Waals surface area contributed by atoms with Gasteiger partial charge in [-0.2, -0.15) is 0 Å². The number of rotatable bonds is 5. The minimum Gasteiger partial charge on any atom is -0.0628 e. The van der Waals surface area contributed by atoms with E-state index in [4.69, 9.17) is 0 Å². The molecule has 0 aromatic carbocycles. The van der Waals surface area contributed by atoms with Crippen molar-refractivity contribution < 1.29 is 0 Å². The minimum atomic E-state index is 0.692. The third-order valence-electron chi connectivity index (χ3n) is 10.8. The quantitative estimate of drug-likeness (QED) is 0.424. The van der Waals surface area contributed by atoms with Gasteiger partial charge in [0.15, 0.2) is 0 Å². The van der Waals surface area contributed by atoms with Gasteiger partial charge in [0.1, 0.15) is 0 Å². The molecule has 4 unspecified atom stereocenters. The lowest BCUT2D eigenvalue weighted by Gasteiger charge is -2.61. The summed E-state index contributed by atoms with van der Waals surface area (Å²) in [7, 11) is 0. The molecule has 0 nitrogen and oxygen atoms in total. The third kappa shape index (κ3) is 3.44. The van der Waals surface area contributed by atoms with Crippen LogP contribution in [0.2, 0.25) is 0 Å². The van der Waals surface area contributed by atoms with Gasteiger partial charge in [0.25, 0.3) is 0 Å². The Kier molecular flexibility index (Phi) is 5.77. The van der Waals surface area contributed by atoms with Crippen molar-refractivity contribution in [3.05, 3.63) is 0 Å². The van der Waals surface area contributed by atoms with Crippen molar-refractivity contribution in [1.29, 1.82) is 0 Å². The summed E-state index contributed by atoms with van der Waals surface area (Å²) in [6.07, 6.45) is 19.9. The Morgan fingerprint density at radius 1 is 0.778 bits per heavy atom. The molecule has 0 heterocycles. The van der Waals surface area contributed by atoms with Crippen LogP contribution >= 0.6 is 0 Å². The lowest BCUT2D eigenvalue weighted by Crippen LogP contribution is -2.54. The lowest BCUT2D eigenvalue weighted by atomic mass is 9.43. The topological polar surface area (TPSA) is 0 Å². The molecular formula is C27H48. The zero-order valence-corrected chi connectivity index (χ0v) is 19.2. The summed E-state index contributed by atoms with van der Waals surface area (Å²) in [5, 5.41) is 0. The van der Waals surface area contributed by atoms with E-state index in [1.807, 2.05) is 0 Å². The van der Waals surface area contributed by atoms with Gasteiger partial charge >= 0.3 is 0 Å². The van der Waals surface area contributed by atoms with E-state index in [-0.39, 0.29) is 0 Å². The molecule has 8 atom stereocenters. The highest BCUT2D eigenvalue weighted by molar-refractivity contribution is 5.09. The van der Waals surface area contributed by atoms with Crippen LogP contribution in [0.25, 0.3) is 0 Å². The Hall–Kier alpha value is 0. The number of fused-ring (bicyclic) bond motifs is 5. The maximum Gasteiger partial charge on any atom is -0.0264 e. The molecule has 0 saturated heterocycles. The van der Waals surface area contributed by atoms with Crippen LogP contribution in [0, 0.1) is 52.3 Å². The molecule has 4 aliphatic carbocycles. The van der Waals surface area contributed by atoms with Crippen LogP contribution in [0.15, 0.2) is 0 Å². The predicted molar refractivity (Wildman–Crippen MR) is 118 cm³/mol. The highest BCUT2D eigenvalue weighted by Gasteiger charge is 2.60. The molecule has 0 spiro atoms. The minimum absolute atomic E-state index is 0.692. The molecule has 4 saturated carbocycles. The molecule has 0 aromatic heterocycles. The molecule has 0 aliphatic heterocycles. The first kappa shape index (κ1) is 20.3. The molecule has 0 N–H and O–H groups in total. The Bertz CT molecular complexity index is 506. The van der Waals surface area contributed by atoms with Gasteiger partial charge in [-0.25, -0.2) is 0 Å². The van der Waals surface area contributed by atoms with Crippen LogP contribution in [0.4, 0.5) is 0 Å². The van der Waals surface area contributed by atoms with E-state index in [2.05, 4.69) is 34.6 Å². The Morgan fingerprint density at radius 2 is 1.52 bits per heavy atom. The molecule has 27 heavy (non-hydrogen) atoms. The van der Waals surface area contributed by atoms with Crippen LogP contribution in [-0.4, -0.2) is 0 Å². The second-order valence-corrected chi connectivity index (χ2v) is 12.4. The van der Waals surface area contributed by atoms with Gasteiger partial charge in [-0.15, -0.1) is 0 Å². The van der Waals surface area contributed by atoms with Crippen LogP contribution in [-0.2, 0) is 0 Å². The van der Waals surface area contributed by atoms with Gasteiger partial charge in [-0.05, 0) is 104 Å². The van der Waals surface area contributed by atoms with Crippen molar-refractivity contribution >= 4 is 0 Å². The van der Waals surface area contributed by atoms with Gasteiger partial charge < -0.3 is 0 Å². The standard InChI is InChI=1S/C27H48/c1-19(2)9-6-7-11-21-12-14-24-22-13-15-23-20(3)10-8-17-27(23,5)25(22)16-18-26(21,24)4/h19-25H,6-18H2,1-5H3/t20-,21?,22-,23?,24?,25?,26+,27-/m0/s1. The van der Waals surface area contributed by atoms with Crippen LogP contribution in [0.5, 0.6) is 0 Å². The molecule has 0 heteroatoms. The second-order valence-electron chi connectivity index (χ2n) is 12.4. The smallest absolute Gasteiger partial charge is 0.0264 e. The number of hydrogen-bond donors (Lipinski definition) is 0. The van der Waals surface area contributed by atoms with E-state index in [0.717, 1.165) is 41.4 Å². The van der Waals surface area contributed by atoms with Crippen molar-refractivity contribution in [3.63, 3.8) is 0 Å². The van der Waals surface area contributed by atoms with Crippen molar-refractivity contribution in [2.75, 3.05) is 0 Å². The van der Waals surface area contributed by atoms with Crippen LogP contribution in [0.1, 0.15) is 118 Å². The van der Waals surface area contributed by atoms with Crippen molar-refractivity contribution in [1.82, 2.24) is 0 Å². The Morgan fingerprint density at radius 3 is 2.30 bits per heavy atom. The summed E-state index contributed by atoms with van der Waals surface area (Å²) < 4.78 is 0. The number of hydrogen-bond acceptors (Lipinski definition) is 0. The summed E-state index contributed by atoms with van der Waals surface area (Å²) in [6, 6.07) is 0. The molecule has 0 aromatic rings. The van der Waals surface area contributed by atoms with E-state index in [9.17, 15) is 0 Å². The SMILES string of the molecule is CC(C)CCCCC1CCC2[C@@H]3CCC4[C@@H](C)CCC[C@]4(C)C3CC[C@]12C. The van der Waals surface area contributed by atoms with E-state index in [1.165, 1.54) is 38.5 Å². The Labute approximate surface area is 170 Å². The fraction of sp³-hybridized carbons (Fsp3) is 1.00. The van der Waals surface area contributed by atoms with Crippen LogP contribution < -0.4 is 0 Å². The zero-order valence-electron chi connectivity index (χ0n) is 19.2. The Balaban J connectivity index is 1.44. The normalized spacial score (nSPS) is 49.6. The van der Waals surface area contributed by atoms with Gasteiger partial charge in [0.05, 0.1) is 0 Å². The summed E-state index contributed by atoms with van der Waals surface area (Å²) in [4.78, 5) is 0. The maximum absolute atomic E-state index is 2.74. The second kappa shape index (κ2) is 7.68. The molecular weight excluding hydrogens is 324 g/mol. The van der Waals surface area contributed by atoms with Crippen molar-refractivity contribution in [2.24, 2.45) is 52.3 Å². The molecule has 156 valence electrons. The van der Waals surface area contributed by atoms with E-state index in [0.29, 0.717) is 10.8 Å². The summed E-state index contributed by atoms with van der Waals surface area (Å²) in [5.41, 5.74) is 1.39. The van der Waals surface area contributed by atoms with Crippen molar-refractivity contribution in [2.45, 2.75) is 118 Å². The van der Waals surface area contributed by atoms with Crippen LogP contribution in [0.3, 0.4) is 0 Å². The number of unbranched alkanes of at least 4 members (excludes halogenated alkanes) is 1. The summed E-state index contributed by atoms with van der Waals surface area (Å²) >= 11 is 0. The molecule has 4 aliphatic rings. The molecule has 0 bridgehead atoms. The molecule has 0 amide bonds. The first-order valence-corrected chi connectivity index (χ1v) is 12.9. The van der Waals surface area contributed by atoms with Gasteiger partial charge in [-0.3, -0.25) is 0 Å². The third-order valence-corrected chi connectivity index (χ3v) is 10.8. The van der Waals surface area contributed by atoms with E-state index < -0.39 is 0 Å². The predicted octanol–water partition coefficient (Wildman–Crippen LogP) is 8.50. The summed E-state index contributed by atoms with van der Waals surface area (Å²) in [6.45, 7) is 12.8. The highest BCUT2D eigenvalue weighted by Crippen LogP contribution is 2.68. The highest BCUT2D eigenvalue weighted by atomic mass is 14.6. The molecule has 4 fully saturated rings. The van der Waals surface area contributed by atoms with Gasteiger partial charge in [0.2, 0.25) is 0 Å². The van der Waals surface area contributed by atoms with Crippen molar-refractivity contribution in [3.8, 4) is 0 Å². The average Bonchev–Trinajstić information content (AvgIpc) is 2.95. The largest absolute Gasteiger partial charge is 0.0628 e. The monoisotopic (exact) mass is 372 g/mol. The zero-order chi connectivity index (χ0) is 19.2. The van der Waals surface area contributed by atoms with E-state index in [1.54, 1.807) is 44.9 Å². The van der Waals surface area contributed by atoms with Gasteiger partial charge in [0, 0.05) is 0 Å². The first-order chi connectivity index (χ1) is 12.9. The fourth-order valence-corrected chi connectivity index (χ4v) is 9.32. The lowest BCUT2D eigenvalue weighted by molar-refractivity contribution is -0.124. The maximum atomic E-state index is 2.74.